The quantitative estimate of drug-likeness (QED) is 0.754. The summed E-state index contributed by atoms with van der Waals surface area (Å²) < 4.78 is 0. The van der Waals surface area contributed by atoms with Gasteiger partial charge in [0.15, 0.2) is 5.78 Å². The summed E-state index contributed by atoms with van der Waals surface area (Å²) in [5.41, 5.74) is 0.888. The first-order chi connectivity index (χ1) is 11.8. The molecule has 4 heteroatoms. The highest BCUT2D eigenvalue weighted by Crippen LogP contribution is 2.65. The van der Waals surface area contributed by atoms with Crippen LogP contribution in [0.1, 0.15) is 58.8 Å². The number of aliphatic hydroxyl groups excluding tert-OH is 2. The van der Waals surface area contributed by atoms with E-state index in [2.05, 4.69) is 19.9 Å². The molecule has 0 heterocycles. The van der Waals surface area contributed by atoms with Crippen LogP contribution in [0.25, 0.3) is 0 Å². The SMILES string of the molecule is C[C@]12CC(=O)[C@H]3[C@@H](CC=C4C[C@H](O)CC[C@@]43C)[C@@H]1CC[C@@H]2C(=O)CO. The highest BCUT2D eigenvalue weighted by atomic mass is 16.3. The summed E-state index contributed by atoms with van der Waals surface area (Å²) in [6.07, 6.45) is 7.57. The minimum absolute atomic E-state index is 0.0426. The molecule has 0 aromatic carbocycles. The summed E-state index contributed by atoms with van der Waals surface area (Å²) in [5, 5.41) is 19.4. The molecule has 3 fully saturated rings. The van der Waals surface area contributed by atoms with Crippen molar-refractivity contribution in [2.75, 3.05) is 6.61 Å². The van der Waals surface area contributed by atoms with E-state index in [0.717, 1.165) is 32.1 Å². The maximum absolute atomic E-state index is 13.3. The van der Waals surface area contributed by atoms with Gasteiger partial charge in [-0.2, -0.15) is 0 Å². The molecule has 4 aliphatic carbocycles. The maximum Gasteiger partial charge on any atom is 0.161 e. The van der Waals surface area contributed by atoms with Crippen LogP contribution < -0.4 is 0 Å². The Morgan fingerprint density at radius 3 is 2.76 bits per heavy atom. The number of carbonyl (C=O) groups excluding carboxylic acids is 2. The number of carbonyl (C=O) groups is 2. The lowest BCUT2D eigenvalue weighted by Gasteiger charge is -2.56. The van der Waals surface area contributed by atoms with Gasteiger partial charge < -0.3 is 10.2 Å². The number of fused-ring (bicyclic) bond motifs is 5. The number of rotatable bonds is 2. The largest absolute Gasteiger partial charge is 0.393 e. The monoisotopic (exact) mass is 346 g/mol. The summed E-state index contributed by atoms with van der Waals surface area (Å²) in [5.74, 6) is 0.796. The van der Waals surface area contributed by atoms with Gasteiger partial charge in [0, 0.05) is 18.3 Å². The lowest BCUT2D eigenvalue weighted by atomic mass is 9.47. The normalized spacial score (nSPS) is 49.0. The lowest BCUT2D eigenvalue weighted by Crippen LogP contribution is -2.55. The average Bonchev–Trinajstić information content (AvgIpc) is 2.91. The fourth-order valence-corrected chi connectivity index (χ4v) is 7.11. The predicted octanol–water partition coefficient (Wildman–Crippen LogP) is 2.67. The van der Waals surface area contributed by atoms with Gasteiger partial charge in [-0.3, -0.25) is 9.59 Å². The van der Waals surface area contributed by atoms with Gasteiger partial charge in [-0.15, -0.1) is 0 Å². The summed E-state index contributed by atoms with van der Waals surface area (Å²) in [7, 11) is 0. The number of ketones is 2. The Bertz CT molecular complexity index is 638. The molecule has 0 saturated heterocycles. The predicted molar refractivity (Wildman–Crippen MR) is 93.7 cm³/mol. The van der Waals surface area contributed by atoms with E-state index in [4.69, 9.17) is 0 Å². The van der Waals surface area contributed by atoms with E-state index in [1.54, 1.807) is 0 Å². The molecule has 4 aliphatic rings. The molecule has 4 nitrogen and oxygen atoms in total. The van der Waals surface area contributed by atoms with Gasteiger partial charge in [0.25, 0.3) is 0 Å². The summed E-state index contributed by atoms with van der Waals surface area (Å²) in [4.78, 5) is 25.6. The molecule has 3 saturated carbocycles. The Morgan fingerprint density at radius 2 is 2.04 bits per heavy atom. The minimum Gasteiger partial charge on any atom is -0.393 e. The molecule has 4 rings (SSSR count). The fraction of sp³-hybridized carbons (Fsp3) is 0.810. The van der Waals surface area contributed by atoms with Gasteiger partial charge in [-0.05, 0) is 61.2 Å². The molecule has 0 amide bonds. The Balaban J connectivity index is 1.71. The van der Waals surface area contributed by atoms with Crippen molar-refractivity contribution in [2.24, 2.45) is 34.5 Å². The first-order valence-corrected chi connectivity index (χ1v) is 9.85. The summed E-state index contributed by atoms with van der Waals surface area (Å²) in [6, 6.07) is 0. The molecule has 0 spiro atoms. The Hall–Kier alpha value is -1.00. The van der Waals surface area contributed by atoms with Gasteiger partial charge in [-0.1, -0.05) is 25.5 Å². The van der Waals surface area contributed by atoms with E-state index < -0.39 is 6.61 Å². The van der Waals surface area contributed by atoms with Crippen LogP contribution in [0, 0.1) is 34.5 Å². The molecule has 0 radical (unpaired) electrons. The number of Topliss-reactive ketones (excluding diaryl/α,β-unsaturated/α-hetero) is 2. The molecule has 138 valence electrons. The van der Waals surface area contributed by atoms with Crippen molar-refractivity contribution >= 4 is 11.6 Å². The number of aliphatic hydroxyl groups is 2. The van der Waals surface area contributed by atoms with Crippen LogP contribution in [0.3, 0.4) is 0 Å². The van der Waals surface area contributed by atoms with Crippen molar-refractivity contribution < 1.29 is 19.8 Å². The van der Waals surface area contributed by atoms with Gasteiger partial charge >= 0.3 is 0 Å². The van der Waals surface area contributed by atoms with Gasteiger partial charge in [0.05, 0.1) is 6.10 Å². The highest BCUT2D eigenvalue weighted by Gasteiger charge is 2.62. The summed E-state index contributed by atoms with van der Waals surface area (Å²) in [6.45, 7) is 3.94. The average molecular weight is 346 g/mol. The number of hydrogen-bond donors (Lipinski definition) is 2. The highest BCUT2D eigenvalue weighted by molar-refractivity contribution is 5.88. The molecule has 0 bridgehead atoms. The fourth-order valence-electron chi connectivity index (χ4n) is 7.11. The van der Waals surface area contributed by atoms with E-state index >= 15 is 0 Å². The molecular formula is C21H30O4. The first-order valence-electron chi connectivity index (χ1n) is 9.85. The van der Waals surface area contributed by atoms with Gasteiger partial charge in [-0.25, -0.2) is 0 Å². The molecule has 0 aliphatic heterocycles. The van der Waals surface area contributed by atoms with Crippen molar-refractivity contribution in [3.63, 3.8) is 0 Å². The standard InChI is InChI=1S/C21H30O4/c1-20-8-7-13(23)9-12(20)3-4-14-15-5-6-16(18(25)11-22)21(15,2)10-17(24)19(14)20/h3,13-16,19,22-23H,4-11H2,1-2H3/t13-,14+,15+,16-,19-,20+,21+/m1/s1. The zero-order valence-corrected chi connectivity index (χ0v) is 15.3. The molecule has 25 heavy (non-hydrogen) atoms. The lowest BCUT2D eigenvalue weighted by molar-refractivity contribution is -0.147. The zero-order valence-electron chi connectivity index (χ0n) is 15.3. The number of hydrogen-bond acceptors (Lipinski definition) is 4. The minimum atomic E-state index is -0.408. The van der Waals surface area contributed by atoms with Crippen LogP contribution in [0.5, 0.6) is 0 Å². The van der Waals surface area contributed by atoms with Gasteiger partial charge in [0.1, 0.15) is 12.4 Å². The third kappa shape index (κ3) is 2.33. The van der Waals surface area contributed by atoms with Crippen LogP contribution in [0.2, 0.25) is 0 Å². The molecule has 0 unspecified atom stereocenters. The third-order valence-corrected chi connectivity index (χ3v) is 8.31. The van der Waals surface area contributed by atoms with Crippen LogP contribution in [-0.2, 0) is 9.59 Å². The Morgan fingerprint density at radius 1 is 1.28 bits per heavy atom. The van der Waals surface area contributed by atoms with Gasteiger partial charge in [0.2, 0.25) is 0 Å². The maximum atomic E-state index is 13.3. The van der Waals surface area contributed by atoms with E-state index in [1.165, 1.54) is 5.57 Å². The molecular weight excluding hydrogens is 316 g/mol. The van der Waals surface area contributed by atoms with Crippen LogP contribution >= 0.6 is 0 Å². The second-order valence-electron chi connectivity index (χ2n) is 9.43. The van der Waals surface area contributed by atoms with Crippen LogP contribution in [0.15, 0.2) is 11.6 Å². The topological polar surface area (TPSA) is 74.6 Å². The van der Waals surface area contributed by atoms with Crippen molar-refractivity contribution in [3.05, 3.63) is 11.6 Å². The van der Waals surface area contributed by atoms with Crippen molar-refractivity contribution in [3.8, 4) is 0 Å². The second kappa shape index (κ2) is 5.75. The van der Waals surface area contributed by atoms with E-state index in [-0.39, 0.29) is 34.6 Å². The molecule has 2 N–H and O–H groups in total. The van der Waals surface area contributed by atoms with E-state index in [1.807, 2.05) is 0 Å². The Kier molecular flexibility index (Phi) is 4.01. The smallest absolute Gasteiger partial charge is 0.161 e. The Labute approximate surface area is 149 Å². The van der Waals surface area contributed by atoms with Crippen LogP contribution in [0.4, 0.5) is 0 Å². The zero-order chi connectivity index (χ0) is 18.0. The molecule has 0 aromatic rings. The summed E-state index contributed by atoms with van der Waals surface area (Å²) >= 11 is 0. The van der Waals surface area contributed by atoms with Crippen molar-refractivity contribution in [1.82, 2.24) is 0 Å². The second-order valence-corrected chi connectivity index (χ2v) is 9.43. The first kappa shape index (κ1) is 17.4. The number of allylic oxidation sites excluding steroid dienone is 1. The van der Waals surface area contributed by atoms with E-state index in [0.29, 0.717) is 30.5 Å². The molecule has 0 aromatic heterocycles. The van der Waals surface area contributed by atoms with Crippen LogP contribution in [-0.4, -0.2) is 34.5 Å². The molecule has 7 atom stereocenters. The third-order valence-electron chi connectivity index (χ3n) is 8.31. The van der Waals surface area contributed by atoms with E-state index in [9.17, 15) is 19.8 Å². The van der Waals surface area contributed by atoms with Crippen molar-refractivity contribution in [1.29, 1.82) is 0 Å². The van der Waals surface area contributed by atoms with Crippen molar-refractivity contribution in [2.45, 2.75) is 64.9 Å².